The second-order valence-electron chi connectivity index (χ2n) is 15.3. The molecule has 1 aromatic carbocycles. The molecule has 0 spiro atoms. The normalized spacial score (nSPS) is 17.9. The quantitative estimate of drug-likeness (QED) is 0.133. The van der Waals surface area contributed by atoms with Crippen LogP contribution in [0.5, 0.6) is 5.75 Å². The van der Waals surface area contributed by atoms with Crippen molar-refractivity contribution < 1.29 is 33.8 Å². The Bertz CT molecular complexity index is 1430. The predicted molar refractivity (Wildman–Crippen MR) is 210 cm³/mol. The largest absolute Gasteiger partial charge is 0.497 e. The van der Waals surface area contributed by atoms with Gasteiger partial charge in [0.1, 0.15) is 11.8 Å². The first-order chi connectivity index (χ1) is 26.1. The van der Waals surface area contributed by atoms with Crippen molar-refractivity contribution in [3.05, 3.63) is 46.4 Å². The fraction of sp³-hybridized carbons (Fsp3) is 0.683. The summed E-state index contributed by atoms with van der Waals surface area (Å²) in [6.45, 7) is 8.46. The Morgan fingerprint density at radius 2 is 1.72 bits per heavy atom. The SMILES string of the molecule is CCCCNC(=O)C(CC(O)C(CC1CCCCC1)NC(=O)[C@H](Cc1cscn1)NC(=O)C(CC(=O)N1CCOCC1)Cc1ccc(OC)cc1)C(C)C. The van der Waals surface area contributed by atoms with Gasteiger partial charge in [-0.3, -0.25) is 19.2 Å². The van der Waals surface area contributed by atoms with Gasteiger partial charge in [-0.05, 0) is 55.2 Å². The maximum atomic E-state index is 14.4. The fourth-order valence-electron chi connectivity index (χ4n) is 7.51. The van der Waals surface area contributed by atoms with Gasteiger partial charge in [-0.25, -0.2) is 4.98 Å². The number of unbranched alkanes of at least 4 members (excludes halogenated alkanes) is 1. The number of nitrogens with one attached hydrogen (secondary N) is 3. The van der Waals surface area contributed by atoms with Crippen LogP contribution < -0.4 is 20.7 Å². The zero-order chi connectivity index (χ0) is 38.9. The summed E-state index contributed by atoms with van der Waals surface area (Å²) in [4.78, 5) is 61.5. The fourth-order valence-corrected chi connectivity index (χ4v) is 8.08. The highest BCUT2D eigenvalue weighted by Gasteiger charge is 2.35. The van der Waals surface area contributed by atoms with E-state index in [1.807, 2.05) is 43.5 Å². The van der Waals surface area contributed by atoms with Crippen LogP contribution in [0.1, 0.15) is 96.2 Å². The summed E-state index contributed by atoms with van der Waals surface area (Å²) in [5.41, 5.74) is 3.21. The summed E-state index contributed by atoms with van der Waals surface area (Å²) in [5.74, 6) is -1.20. The number of amides is 4. The number of rotatable bonds is 21. The van der Waals surface area contributed by atoms with Crippen molar-refractivity contribution >= 4 is 35.0 Å². The van der Waals surface area contributed by atoms with Crippen LogP contribution in [0.2, 0.25) is 0 Å². The van der Waals surface area contributed by atoms with Crippen LogP contribution in [-0.2, 0) is 36.8 Å². The van der Waals surface area contributed by atoms with Crippen LogP contribution in [0.15, 0.2) is 35.2 Å². The number of methoxy groups -OCH3 is 1. The molecule has 2 fully saturated rings. The first-order valence-corrected chi connectivity index (χ1v) is 20.9. The van der Waals surface area contributed by atoms with Gasteiger partial charge in [-0.15, -0.1) is 11.3 Å². The zero-order valence-corrected chi connectivity index (χ0v) is 33.5. The molecule has 300 valence electrons. The molecule has 1 saturated heterocycles. The summed E-state index contributed by atoms with van der Waals surface area (Å²) in [6.07, 6.45) is 7.53. The van der Waals surface area contributed by atoms with E-state index in [1.165, 1.54) is 17.8 Å². The first kappa shape index (κ1) is 43.2. The maximum absolute atomic E-state index is 14.4. The van der Waals surface area contributed by atoms with Crippen LogP contribution in [0, 0.1) is 23.7 Å². The number of aliphatic hydroxyl groups is 1. The van der Waals surface area contributed by atoms with E-state index >= 15 is 0 Å². The molecule has 0 radical (unpaired) electrons. The zero-order valence-electron chi connectivity index (χ0n) is 32.7. The summed E-state index contributed by atoms with van der Waals surface area (Å²) in [5, 5.41) is 22.8. The monoisotopic (exact) mass is 769 g/mol. The minimum atomic E-state index is -1.00. The average Bonchev–Trinajstić information content (AvgIpc) is 3.70. The van der Waals surface area contributed by atoms with Gasteiger partial charge in [0.25, 0.3) is 0 Å². The van der Waals surface area contributed by atoms with E-state index in [9.17, 15) is 24.3 Å². The molecule has 1 aliphatic carbocycles. The molecular formula is C41H63N5O7S. The van der Waals surface area contributed by atoms with E-state index in [0.717, 1.165) is 44.1 Å². The Labute approximate surface area is 325 Å². The Hall–Kier alpha value is -3.55. The molecule has 2 aliphatic rings. The van der Waals surface area contributed by atoms with Crippen LogP contribution in [0.3, 0.4) is 0 Å². The number of aromatic nitrogens is 1. The molecule has 4 rings (SSSR count). The lowest BCUT2D eigenvalue weighted by Crippen LogP contribution is -2.55. The third kappa shape index (κ3) is 13.9. The maximum Gasteiger partial charge on any atom is 0.243 e. The summed E-state index contributed by atoms with van der Waals surface area (Å²) in [6, 6.07) is 5.79. The third-order valence-corrected chi connectivity index (χ3v) is 11.5. The van der Waals surface area contributed by atoms with Gasteiger partial charge < -0.3 is 35.4 Å². The van der Waals surface area contributed by atoms with Gasteiger partial charge in [-0.2, -0.15) is 0 Å². The van der Waals surface area contributed by atoms with E-state index in [4.69, 9.17) is 9.47 Å². The average molecular weight is 770 g/mol. The minimum absolute atomic E-state index is 0.00758. The number of thiazole rings is 1. The van der Waals surface area contributed by atoms with E-state index < -0.39 is 41.8 Å². The lowest BCUT2D eigenvalue weighted by atomic mass is 9.81. The van der Waals surface area contributed by atoms with E-state index in [2.05, 4.69) is 27.9 Å². The molecule has 0 bridgehead atoms. The Balaban J connectivity index is 1.56. The molecule has 4 amide bonds. The Morgan fingerprint density at radius 1 is 1.00 bits per heavy atom. The molecule has 1 aromatic heterocycles. The van der Waals surface area contributed by atoms with E-state index in [1.54, 1.807) is 17.5 Å². The third-order valence-electron chi connectivity index (χ3n) is 10.9. The summed E-state index contributed by atoms with van der Waals surface area (Å²) in [7, 11) is 1.59. The molecule has 5 atom stereocenters. The molecule has 2 aromatic rings. The minimum Gasteiger partial charge on any atom is -0.497 e. The molecule has 54 heavy (non-hydrogen) atoms. The van der Waals surface area contributed by atoms with Gasteiger partial charge in [0.15, 0.2) is 0 Å². The second-order valence-corrected chi connectivity index (χ2v) is 16.1. The van der Waals surface area contributed by atoms with Crippen LogP contribution in [-0.4, -0.2) is 96.8 Å². The summed E-state index contributed by atoms with van der Waals surface area (Å²) < 4.78 is 10.8. The lowest BCUT2D eigenvalue weighted by Gasteiger charge is -2.33. The van der Waals surface area contributed by atoms with Crippen LogP contribution in [0.4, 0.5) is 0 Å². The molecular weight excluding hydrogens is 707 g/mol. The Kier molecular flexibility index (Phi) is 18.2. The molecule has 13 heteroatoms. The second kappa shape index (κ2) is 22.7. The van der Waals surface area contributed by atoms with E-state index in [-0.39, 0.29) is 43.4 Å². The highest BCUT2D eigenvalue weighted by Crippen LogP contribution is 2.30. The predicted octanol–water partition coefficient (Wildman–Crippen LogP) is 4.68. The number of hydrogen-bond acceptors (Lipinski definition) is 9. The van der Waals surface area contributed by atoms with Gasteiger partial charge in [0, 0.05) is 43.8 Å². The Morgan fingerprint density at radius 3 is 2.35 bits per heavy atom. The van der Waals surface area contributed by atoms with Gasteiger partial charge in [0.2, 0.25) is 23.6 Å². The van der Waals surface area contributed by atoms with Crippen LogP contribution >= 0.6 is 11.3 Å². The number of ether oxygens (including phenoxy) is 2. The highest BCUT2D eigenvalue weighted by molar-refractivity contribution is 7.07. The molecule has 1 aliphatic heterocycles. The highest BCUT2D eigenvalue weighted by atomic mass is 32.1. The first-order valence-electron chi connectivity index (χ1n) is 20.0. The topological polar surface area (TPSA) is 159 Å². The smallest absolute Gasteiger partial charge is 0.243 e. The van der Waals surface area contributed by atoms with Crippen LogP contribution in [0.25, 0.3) is 0 Å². The standard InChI is InChI=1S/C41H63N5O7S/c1-5-6-16-42-40(50)34(28(2)3)25-37(47)35(22-29-10-8-7-9-11-29)44-41(51)36(24-32-26-54-27-43-32)45-39(49)31(21-30-12-14-33(52-4)15-13-30)23-38(48)46-17-19-53-20-18-46/h12-15,26-29,31,34-37,47H,5-11,16-25H2,1-4H3,(H,42,50)(H,44,51)(H,45,49)/t31?,34?,35?,36-,37?/m0/s1. The van der Waals surface area contributed by atoms with Crippen molar-refractivity contribution in [3.8, 4) is 5.75 Å². The number of benzene rings is 1. The number of carbonyl (C=O) groups excluding carboxylic acids is 4. The molecule has 2 heterocycles. The van der Waals surface area contributed by atoms with Gasteiger partial charge in [0.05, 0.1) is 49.6 Å². The van der Waals surface area contributed by atoms with Crippen molar-refractivity contribution in [1.82, 2.24) is 25.8 Å². The van der Waals surface area contributed by atoms with Crippen molar-refractivity contribution in [1.29, 1.82) is 0 Å². The number of aliphatic hydroxyl groups excluding tert-OH is 1. The summed E-state index contributed by atoms with van der Waals surface area (Å²) >= 11 is 1.40. The molecule has 4 unspecified atom stereocenters. The van der Waals surface area contributed by atoms with Crippen molar-refractivity contribution in [3.63, 3.8) is 0 Å². The van der Waals surface area contributed by atoms with E-state index in [0.29, 0.717) is 56.6 Å². The molecule has 1 saturated carbocycles. The number of carbonyl (C=O) groups is 4. The number of nitrogens with zero attached hydrogens (tertiary/aromatic N) is 2. The lowest BCUT2D eigenvalue weighted by molar-refractivity contribution is -0.140. The van der Waals surface area contributed by atoms with Gasteiger partial charge >= 0.3 is 0 Å². The van der Waals surface area contributed by atoms with Crippen molar-refractivity contribution in [2.45, 2.75) is 116 Å². The number of hydrogen-bond donors (Lipinski definition) is 4. The van der Waals surface area contributed by atoms with Gasteiger partial charge in [-0.1, -0.05) is 71.4 Å². The molecule has 12 nitrogen and oxygen atoms in total. The number of morpholine rings is 1. The van der Waals surface area contributed by atoms with Crippen molar-refractivity contribution in [2.24, 2.45) is 23.7 Å². The molecule has 4 N–H and O–H groups in total. The van der Waals surface area contributed by atoms with Crippen molar-refractivity contribution in [2.75, 3.05) is 40.0 Å².